The van der Waals surface area contributed by atoms with Gasteiger partial charge in [-0.2, -0.15) is 4.98 Å². The lowest BCUT2D eigenvalue weighted by atomic mass is 10.2. The Morgan fingerprint density at radius 1 is 1.30 bits per heavy atom. The lowest BCUT2D eigenvalue weighted by molar-refractivity contribution is 0.444. The number of hydrogen-bond acceptors (Lipinski definition) is 7. The average molecular weight is 291 g/mol. The molecule has 0 saturated carbocycles. The Bertz CT molecular complexity index is 597. The van der Waals surface area contributed by atoms with E-state index in [4.69, 9.17) is 11.6 Å². The number of hydrazine groups is 1. The molecule has 1 heterocycles. The maximum Gasteiger partial charge on any atom is 0.215 e. The Kier molecular flexibility index (Phi) is 4.31. The lowest BCUT2D eigenvalue weighted by Gasteiger charge is -2.15. The van der Waals surface area contributed by atoms with Crippen molar-refractivity contribution in [1.29, 1.82) is 0 Å². The van der Waals surface area contributed by atoms with Crippen molar-refractivity contribution in [2.24, 2.45) is 5.84 Å². The van der Waals surface area contributed by atoms with Crippen molar-refractivity contribution in [2.75, 3.05) is 17.8 Å². The van der Waals surface area contributed by atoms with Crippen LogP contribution in [0.2, 0.25) is 0 Å². The van der Waals surface area contributed by atoms with E-state index in [1.807, 2.05) is 25.1 Å². The van der Waals surface area contributed by atoms with Crippen LogP contribution in [0.1, 0.15) is 11.3 Å². The highest BCUT2D eigenvalue weighted by molar-refractivity contribution is 7.98. The third-order valence-electron chi connectivity index (χ3n) is 2.66. The quantitative estimate of drug-likeness (QED) is 0.259. The van der Waals surface area contributed by atoms with E-state index in [1.54, 1.807) is 7.05 Å². The molecule has 0 unspecified atom stereocenters. The summed E-state index contributed by atoms with van der Waals surface area (Å²) in [5.41, 5.74) is 9.12. The Morgan fingerprint density at radius 2 is 2.05 bits per heavy atom. The second-order valence-corrected chi connectivity index (χ2v) is 5.39. The molecule has 0 aliphatic carbocycles. The Morgan fingerprint density at radius 3 is 2.65 bits per heavy atom. The smallest absolute Gasteiger partial charge is 0.215 e. The molecule has 106 valence electrons. The van der Waals surface area contributed by atoms with E-state index in [9.17, 15) is 5.11 Å². The van der Waals surface area contributed by atoms with Gasteiger partial charge in [0, 0.05) is 24.6 Å². The van der Waals surface area contributed by atoms with Gasteiger partial charge in [-0.25, -0.2) is 10.8 Å². The van der Waals surface area contributed by atoms with E-state index in [0.717, 1.165) is 16.9 Å². The molecule has 0 aliphatic rings. The number of aromatic nitrogens is 2. The van der Waals surface area contributed by atoms with Gasteiger partial charge in [0.15, 0.2) is 5.16 Å². The molecule has 7 heteroatoms. The summed E-state index contributed by atoms with van der Waals surface area (Å²) in [5.74, 6) is 6.32. The number of benzene rings is 1. The number of rotatable bonds is 4. The standard InChI is InChI=1S/C13H17N5OS/c1-8-5-12(19)17-13(16-8)20-7-9-3-4-11(18(2)15)10(14)6-9/h3-6H,7,14-15H2,1-2H3,(H,16,17,19). The maximum absolute atomic E-state index is 9.43. The molecular formula is C13H17N5OS. The minimum Gasteiger partial charge on any atom is -0.493 e. The van der Waals surface area contributed by atoms with Crippen LogP contribution in [0.5, 0.6) is 5.88 Å². The Labute approximate surface area is 121 Å². The first-order chi connectivity index (χ1) is 9.45. The minimum atomic E-state index is -0.0142. The Hall–Kier alpha value is -1.99. The fourth-order valence-corrected chi connectivity index (χ4v) is 2.59. The monoisotopic (exact) mass is 291 g/mol. The first kappa shape index (κ1) is 14.4. The van der Waals surface area contributed by atoms with Crippen LogP contribution in [0, 0.1) is 6.92 Å². The molecule has 0 amide bonds. The molecule has 5 N–H and O–H groups in total. The maximum atomic E-state index is 9.43. The number of aryl methyl sites for hydroxylation is 1. The van der Waals surface area contributed by atoms with E-state index in [1.165, 1.54) is 22.8 Å². The van der Waals surface area contributed by atoms with Gasteiger partial charge in [0.1, 0.15) is 0 Å². The molecule has 0 fully saturated rings. The van der Waals surface area contributed by atoms with Gasteiger partial charge in [0.05, 0.1) is 11.4 Å². The number of hydrogen-bond donors (Lipinski definition) is 3. The predicted octanol–water partition coefficient (Wildman–Crippen LogP) is 1.68. The van der Waals surface area contributed by atoms with Crippen molar-refractivity contribution in [3.05, 3.63) is 35.5 Å². The summed E-state index contributed by atoms with van der Waals surface area (Å²) in [6.07, 6.45) is 0. The second kappa shape index (κ2) is 5.98. The van der Waals surface area contributed by atoms with Gasteiger partial charge in [-0.15, -0.1) is 0 Å². The summed E-state index contributed by atoms with van der Waals surface area (Å²) < 4.78 is 0. The van der Waals surface area contributed by atoms with Gasteiger partial charge in [0.2, 0.25) is 5.88 Å². The van der Waals surface area contributed by atoms with Gasteiger partial charge >= 0.3 is 0 Å². The molecule has 6 nitrogen and oxygen atoms in total. The zero-order valence-corrected chi connectivity index (χ0v) is 12.2. The summed E-state index contributed by atoms with van der Waals surface area (Å²) in [5, 5.41) is 11.5. The number of aromatic hydroxyl groups is 1. The van der Waals surface area contributed by atoms with Gasteiger partial charge in [-0.3, -0.25) is 0 Å². The summed E-state index contributed by atoms with van der Waals surface area (Å²) in [7, 11) is 1.74. The second-order valence-electron chi connectivity index (χ2n) is 4.44. The highest BCUT2D eigenvalue weighted by Crippen LogP contribution is 2.26. The average Bonchev–Trinajstić information content (AvgIpc) is 2.35. The van der Waals surface area contributed by atoms with Crippen LogP contribution in [-0.2, 0) is 5.75 Å². The number of anilines is 2. The van der Waals surface area contributed by atoms with E-state index in [2.05, 4.69) is 9.97 Å². The summed E-state index contributed by atoms with van der Waals surface area (Å²) >= 11 is 1.44. The molecular weight excluding hydrogens is 274 g/mol. The number of nitrogen functional groups attached to an aromatic ring is 1. The van der Waals surface area contributed by atoms with Gasteiger partial charge in [0.25, 0.3) is 0 Å². The lowest BCUT2D eigenvalue weighted by Crippen LogP contribution is -2.25. The SMILES string of the molecule is Cc1cc(O)nc(SCc2ccc(N(C)N)c(N)c2)n1. The van der Waals surface area contributed by atoms with Crippen LogP contribution in [-0.4, -0.2) is 22.1 Å². The van der Waals surface area contributed by atoms with Crippen molar-refractivity contribution < 1.29 is 5.11 Å². The van der Waals surface area contributed by atoms with Crippen molar-refractivity contribution >= 4 is 23.1 Å². The molecule has 0 atom stereocenters. The topological polar surface area (TPSA) is 101 Å². The van der Waals surface area contributed by atoms with E-state index in [0.29, 0.717) is 16.6 Å². The molecule has 1 aromatic carbocycles. The third-order valence-corrected chi connectivity index (χ3v) is 3.58. The van der Waals surface area contributed by atoms with Crippen LogP contribution in [0.4, 0.5) is 11.4 Å². The molecule has 0 radical (unpaired) electrons. The van der Waals surface area contributed by atoms with Gasteiger partial charge < -0.3 is 15.8 Å². The summed E-state index contributed by atoms with van der Waals surface area (Å²) in [6, 6.07) is 7.23. The number of thioether (sulfide) groups is 1. The molecule has 0 saturated heterocycles. The Balaban J connectivity index is 2.09. The van der Waals surface area contributed by atoms with E-state index >= 15 is 0 Å². The first-order valence-corrected chi connectivity index (χ1v) is 6.98. The van der Waals surface area contributed by atoms with Crippen molar-refractivity contribution in [3.8, 4) is 5.88 Å². The fourth-order valence-electron chi connectivity index (χ4n) is 1.75. The van der Waals surface area contributed by atoms with Crippen molar-refractivity contribution in [3.63, 3.8) is 0 Å². The van der Waals surface area contributed by atoms with Crippen molar-refractivity contribution in [1.82, 2.24) is 9.97 Å². The van der Waals surface area contributed by atoms with E-state index < -0.39 is 0 Å². The van der Waals surface area contributed by atoms with Crippen LogP contribution in [0.15, 0.2) is 29.4 Å². The minimum absolute atomic E-state index is 0.0142. The third kappa shape index (κ3) is 3.52. The van der Waals surface area contributed by atoms with Crippen LogP contribution in [0.25, 0.3) is 0 Å². The van der Waals surface area contributed by atoms with Gasteiger partial charge in [-0.1, -0.05) is 17.8 Å². The largest absolute Gasteiger partial charge is 0.493 e. The summed E-state index contributed by atoms with van der Waals surface area (Å²) in [6.45, 7) is 1.81. The van der Waals surface area contributed by atoms with E-state index in [-0.39, 0.29) is 5.88 Å². The van der Waals surface area contributed by atoms with Crippen LogP contribution < -0.4 is 16.6 Å². The zero-order chi connectivity index (χ0) is 14.7. The van der Waals surface area contributed by atoms with Crippen LogP contribution >= 0.6 is 11.8 Å². The highest BCUT2D eigenvalue weighted by Gasteiger charge is 2.06. The number of nitrogens with zero attached hydrogens (tertiary/aromatic N) is 3. The number of nitrogens with two attached hydrogens (primary N) is 2. The molecule has 0 bridgehead atoms. The molecule has 2 aromatic rings. The van der Waals surface area contributed by atoms with Gasteiger partial charge in [-0.05, 0) is 24.6 Å². The van der Waals surface area contributed by atoms with Crippen LogP contribution in [0.3, 0.4) is 0 Å². The first-order valence-electron chi connectivity index (χ1n) is 6.00. The molecule has 1 aromatic heterocycles. The molecule has 20 heavy (non-hydrogen) atoms. The zero-order valence-electron chi connectivity index (χ0n) is 11.4. The highest BCUT2D eigenvalue weighted by atomic mass is 32.2. The molecule has 2 rings (SSSR count). The fraction of sp³-hybridized carbons (Fsp3) is 0.231. The molecule has 0 spiro atoms. The summed E-state index contributed by atoms with van der Waals surface area (Å²) in [4.78, 5) is 8.21. The predicted molar refractivity (Wildman–Crippen MR) is 81.4 cm³/mol. The molecule has 0 aliphatic heterocycles. The normalized spacial score (nSPS) is 10.6. The van der Waals surface area contributed by atoms with Crippen molar-refractivity contribution in [2.45, 2.75) is 17.8 Å².